The van der Waals surface area contributed by atoms with Crippen LogP contribution in [-0.4, -0.2) is 23.0 Å². The largest absolute Gasteiger partial charge is 0.507 e. The number of hydrogen-bond acceptors (Lipinski definition) is 4. The van der Waals surface area contributed by atoms with E-state index in [-0.39, 0.29) is 16.7 Å². The number of anilines is 1. The molecule has 6 nitrogen and oxygen atoms in total. The van der Waals surface area contributed by atoms with E-state index >= 15 is 0 Å². The molecule has 5 fully saturated rings. The molecule has 2 aromatic rings. The number of barbiturate groups is 1. The normalized spacial score (nSPS) is 31.3. The zero-order chi connectivity index (χ0) is 23.6. The molecule has 4 aliphatic carbocycles. The maximum Gasteiger partial charge on any atom is 0.335 e. The van der Waals surface area contributed by atoms with Gasteiger partial charge in [0, 0.05) is 0 Å². The number of urea groups is 1. The van der Waals surface area contributed by atoms with Crippen LogP contribution in [0.1, 0.15) is 49.7 Å². The Kier molecular flexibility index (Phi) is 5.09. The average molecular weight is 568 g/mol. The van der Waals surface area contributed by atoms with Gasteiger partial charge < -0.3 is 5.11 Å². The number of benzene rings is 2. The SMILES string of the molecule is O=C1NC(=O)N(c2ccc(C34CC5CC(CC(C5)C3)C4)cc2)C(=O)/C1=C/c1ccc(O)c(I)c1. The van der Waals surface area contributed by atoms with E-state index in [2.05, 4.69) is 17.4 Å². The van der Waals surface area contributed by atoms with Crippen molar-refractivity contribution >= 4 is 52.2 Å². The number of phenolic OH excluding ortho intramolecular Hbond substituents is 1. The minimum absolute atomic E-state index is 0.119. The van der Waals surface area contributed by atoms with Crippen molar-refractivity contribution in [2.45, 2.75) is 43.9 Å². The first-order chi connectivity index (χ1) is 16.3. The van der Waals surface area contributed by atoms with Crippen molar-refractivity contribution in [2.24, 2.45) is 17.8 Å². The molecule has 7 rings (SSSR count). The van der Waals surface area contributed by atoms with Gasteiger partial charge in [-0.25, -0.2) is 9.69 Å². The number of amides is 4. The van der Waals surface area contributed by atoms with Crippen LogP contribution >= 0.6 is 22.6 Å². The highest BCUT2D eigenvalue weighted by atomic mass is 127. The van der Waals surface area contributed by atoms with E-state index < -0.39 is 17.8 Å². The molecule has 4 amide bonds. The zero-order valence-electron chi connectivity index (χ0n) is 18.6. The van der Waals surface area contributed by atoms with Crippen LogP contribution in [0.25, 0.3) is 6.08 Å². The molecule has 0 unspecified atom stereocenters. The van der Waals surface area contributed by atoms with E-state index in [0.717, 1.165) is 22.7 Å². The number of phenols is 1. The van der Waals surface area contributed by atoms with Gasteiger partial charge >= 0.3 is 6.03 Å². The minimum atomic E-state index is -0.741. The Balaban J connectivity index is 1.29. The Labute approximate surface area is 211 Å². The number of carbonyl (C=O) groups is 3. The second-order valence-electron chi connectivity index (χ2n) is 10.4. The standard InChI is InChI=1S/C27H25IN2O4/c28-22-11-15(1-6-23(22)31)10-21-24(32)29-26(34)30(25(21)33)20-4-2-19(3-5-20)27-12-16-7-17(13-27)9-18(8-16)14-27/h1-6,10-11,16-18,31H,7-9,12-14H2,(H,29,32,34)/b21-10+. The van der Waals surface area contributed by atoms with E-state index in [4.69, 9.17) is 0 Å². The third-order valence-electron chi connectivity index (χ3n) is 8.16. The maximum absolute atomic E-state index is 13.2. The molecule has 2 aromatic carbocycles. The van der Waals surface area contributed by atoms with Crippen molar-refractivity contribution in [3.8, 4) is 5.75 Å². The highest BCUT2D eigenvalue weighted by Gasteiger charge is 2.51. The summed E-state index contributed by atoms with van der Waals surface area (Å²) in [5.74, 6) is 1.25. The molecule has 34 heavy (non-hydrogen) atoms. The Hall–Kier alpha value is -2.68. The van der Waals surface area contributed by atoms with Crippen LogP contribution < -0.4 is 10.2 Å². The fourth-order valence-electron chi connectivity index (χ4n) is 7.10. The fourth-order valence-corrected chi connectivity index (χ4v) is 7.64. The Bertz CT molecular complexity index is 1210. The minimum Gasteiger partial charge on any atom is -0.507 e. The van der Waals surface area contributed by atoms with Crippen molar-refractivity contribution in [3.05, 3.63) is 62.7 Å². The monoisotopic (exact) mass is 568 g/mol. The van der Waals surface area contributed by atoms with Gasteiger partial charge in [0.15, 0.2) is 0 Å². The van der Waals surface area contributed by atoms with Gasteiger partial charge in [0.1, 0.15) is 11.3 Å². The van der Waals surface area contributed by atoms with Gasteiger partial charge in [-0.05, 0) is 126 Å². The Morgan fingerprint density at radius 3 is 2.15 bits per heavy atom. The van der Waals surface area contributed by atoms with Gasteiger partial charge in [0.2, 0.25) is 0 Å². The van der Waals surface area contributed by atoms with E-state index in [9.17, 15) is 19.5 Å². The van der Waals surface area contributed by atoms with Crippen LogP contribution in [0.4, 0.5) is 10.5 Å². The molecule has 4 saturated carbocycles. The lowest BCUT2D eigenvalue weighted by Gasteiger charge is -2.57. The summed E-state index contributed by atoms with van der Waals surface area (Å²) in [5, 5.41) is 12.0. The van der Waals surface area contributed by atoms with Crippen LogP contribution in [0.2, 0.25) is 0 Å². The number of nitrogens with zero attached hydrogens (tertiary/aromatic N) is 1. The quantitative estimate of drug-likeness (QED) is 0.306. The summed E-state index contributed by atoms with van der Waals surface area (Å²) in [7, 11) is 0. The van der Waals surface area contributed by atoms with Gasteiger partial charge in [-0.1, -0.05) is 18.2 Å². The van der Waals surface area contributed by atoms with Crippen LogP contribution in [0.5, 0.6) is 5.75 Å². The third kappa shape index (κ3) is 3.56. The first-order valence-corrected chi connectivity index (χ1v) is 12.9. The molecule has 174 valence electrons. The lowest BCUT2D eigenvalue weighted by Crippen LogP contribution is -2.54. The second kappa shape index (κ2) is 7.93. The molecule has 5 aliphatic rings. The molecule has 4 bridgehead atoms. The van der Waals surface area contributed by atoms with Crippen LogP contribution in [0, 0.1) is 21.3 Å². The van der Waals surface area contributed by atoms with Gasteiger partial charge in [-0.15, -0.1) is 0 Å². The van der Waals surface area contributed by atoms with Gasteiger partial charge in [0.05, 0.1) is 9.26 Å². The molecule has 2 N–H and O–H groups in total. The average Bonchev–Trinajstić information content (AvgIpc) is 2.78. The number of rotatable bonds is 3. The smallest absolute Gasteiger partial charge is 0.335 e. The van der Waals surface area contributed by atoms with Crippen molar-refractivity contribution in [3.63, 3.8) is 0 Å². The molecule has 0 aromatic heterocycles. The second-order valence-corrected chi connectivity index (χ2v) is 11.6. The predicted molar refractivity (Wildman–Crippen MR) is 136 cm³/mol. The molecule has 1 saturated heterocycles. The molecule has 0 spiro atoms. The molecular formula is C27H25IN2O4. The van der Waals surface area contributed by atoms with Crippen LogP contribution in [-0.2, 0) is 15.0 Å². The number of imide groups is 2. The number of carbonyl (C=O) groups excluding carboxylic acids is 3. The van der Waals surface area contributed by atoms with Crippen molar-refractivity contribution < 1.29 is 19.5 Å². The summed E-state index contributed by atoms with van der Waals surface area (Å²) in [6.07, 6.45) is 9.31. The summed E-state index contributed by atoms with van der Waals surface area (Å²) >= 11 is 1.98. The predicted octanol–water partition coefficient (Wildman–Crippen LogP) is 5.13. The Morgan fingerprint density at radius 1 is 0.941 bits per heavy atom. The first-order valence-electron chi connectivity index (χ1n) is 11.8. The van der Waals surface area contributed by atoms with Crippen LogP contribution in [0.15, 0.2) is 48.0 Å². The fraction of sp³-hybridized carbons (Fsp3) is 0.370. The van der Waals surface area contributed by atoms with E-state index in [1.807, 2.05) is 34.7 Å². The summed E-state index contributed by atoms with van der Waals surface area (Å²) in [6.45, 7) is 0. The number of hydrogen-bond donors (Lipinski definition) is 2. The number of nitrogens with one attached hydrogen (secondary N) is 1. The van der Waals surface area contributed by atoms with Crippen LogP contribution in [0.3, 0.4) is 0 Å². The molecular weight excluding hydrogens is 543 g/mol. The maximum atomic E-state index is 13.2. The first kappa shape index (κ1) is 21.8. The summed E-state index contributed by atoms with van der Waals surface area (Å²) in [5.41, 5.74) is 2.47. The topological polar surface area (TPSA) is 86.7 Å². The van der Waals surface area contributed by atoms with Gasteiger partial charge in [0.25, 0.3) is 11.8 Å². The Morgan fingerprint density at radius 2 is 1.56 bits per heavy atom. The molecule has 0 atom stereocenters. The van der Waals surface area contributed by atoms with E-state index in [1.165, 1.54) is 56.2 Å². The lowest BCUT2D eigenvalue weighted by molar-refractivity contribution is -0.122. The third-order valence-corrected chi connectivity index (χ3v) is 9.02. The van der Waals surface area contributed by atoms with E-state index in [1.54, 1.807) is 12.1 Å². The number of halogens is 1. The van der Waals surface area contributed by atoms with Gasteiger partial charge in [-0.3, -0.25) is 14.9 Å². The van der Waals surface area contributed by atoms with Crippen molar-refractivity contribution in [1.29, 1.82) is 0 Å². The highest BCUT2D eigenvalue weighted by Crippen LogP contribution is 2.60. The zero-order valence-corrected chi connectivity index (χ0v) is 20.7. The molecule has 1 aliphatic heterocycles. The molecule has 1 heterocycles. The van der Waals surface area contributed by atoms with Gasteiger partial charge in [-0.2, -0.15) is 0 Å². The summed E-state index contributed by atoms with van der Waals surface area (Å²) in [4.78, 5) is 39.4. The summed E-state index contributed by atoms with van der Waals surface area (Å²) < 4.78 is 0.601. The van der Waals surface area contributed by atoms with Crippen molar-refractivity contribution in [2.75, 3.05) is 4.90 Å². The van der Waals surface area contributed by atoms with E-state index in [0.29, 0.717) is 14.8 Å². The summed E-state index contributed by atoms with van der Waals surface area (Å²) in [6, 6.07) is 11.9. The molecule has 7 heteroatoms. The lowest BCUT2D eigenvalue weighted by atomic mass is 9.48. The molecule has 0 radical (unpaired) electrons. The van der Waals surface area contributed by atoms with Crippen molar-refractivity contribution in [1.82, 2.24) is 5.32 Å². The highest BCUT2D eigenvalue weighted by molar-refractivity contribution is 14.1. The number of aromatic hydroxyl groups is 1.